The van der Waals surface area contributed by atoms with E-state index in [4.69, 9.17) is 33.2 Å². The highest BCUT2D eigenvalue weighted by Gasteiger charge is 2.55. The Morgan fingerprint density at radius 3 is 1.40 bits per heavy atom. The highest BCUT2D eigenvalue weighted by Crippen LogP contribution is 2.38. The number of ether oxygens (including phenoxy) is 7. The molecule has 2 heterocycles. The Hall–Kier alpha value is -5.36. The Labute approximate surface area is 353 Å². The molecule has 314 valence electrons. The lowest BCUT2D eigenvalue weighted by atomic mass is 9.89. The van der Waals surface area contributed by atoms with Crippen molar-refractivity contribution < 1.29 is 42.7 Å². The second-order valence-corrected chi connectivity index (χ2v) is 16.4. The summed E-state index contributed by atoms with van der Waals surface area (Å²) >= 11 is 0. The summed E-state index contributed by atoms with van der Waals surface area (Å²) in [6, 6.07) is 48.1. The molecule has 2 fully saturated rings. The summed E-state index contributed by atoms with van der Waals surface area (Å²) in [7, 11) is 0. The molecule has 0 spiro atoms. The number of esters is 1. The first-order valence-corrected chi connectivity index (χ1v) is 20.7. The number of hydrogen-bond donors (Lipinski definition) is 0. The van der Waals surface area contributed by atoms with E-state index in [0.717, 1.165) is 27.8 Å². The van der Waals surface area contributed by atoms with E-state index in [9.17, 15) is 9.59 Å². The lowest BCUT2D eigenvalue weighted by Crippen LogP contribution is -2.62. The van der Waals surface area contributed by atoms with Gasteiger partial charge in [0.25, 0.3) is 0 Å². The maximum atomic E-state index is 14.1. The predicted molar refractivity (Wildman–Crippen MR) is 226 cm³/mol. The van der Waals surface area contributed by atoms with Gasteiger partial charge in [0.1, 0.15) is 37.1 Å². The molecule has 0 unspecified atom stereocenters. The van der Waals surface area contributed by atoms with Gasteiger partial charge in [0.2, 0.25) is 0 Å². The van der Waals surface area contributed by atoms with Crippen molar-refractivity contribution in [3.63, 3.8) is 0 Å². The van der Waals surface area contributed by atoms with E-state index < -0.39 is 60.3 Å². The summed E-state index contributed by atoms with van der Waals surface area (Å²) in [6.45, 7) is 7.11. The van der Waals surface area contributed by atoms with Crippen LogP contribution in [-0.2, 0) is 71.0 Å². The molecule has 5 aromatic carbocycles. The molecule has 10 nitrogen and oxygen atoms in total. The predicted octanol–water partition coefficient (Wildman–Crippen LogP) is 9.05. The molecule has 0 N–H and O–H groups in total. The quantitative estimate of drug-likeness (QED) is 0.0852. The SMILES string of the molecule is CC(C)(C)[C@@H]1OC(=O)[C@H](C[C@H]2O[C@H](COCc3ccccc3)[C@@H](OCc3ccccc3)[C@H](OCc3ccccc3)[C@H]2OCc2ccccc2)N1C(=O)OCc1ccccc1. The summed E-state index contributed by atoms with van der Waals surface area (Å²) in [5, 5.41) is 0. The van der Waals surface area contributed by atoms with Crippen LogP contribution in [0.15, 0.2) is 152 Å². The lowest BCUT2D eigenvalue weighted by molar-refractivity contribution is -0.274. The van der Waals surface area contributed by atoms with Crippen molar-refractivity contribution in [3.05, 3.63) is 179 Å². The number of cyclic esters (lactones) is 1. The highest BCUT2D eigenvalue weighted by atomic mass is 16.6. The van der Waals surface area contributed by atoms with Crippen molar-refractivity contribution in [2.24, 2.45) is 5.41 Å². The molecule has 0 saturated carbocycles. The average Bonchev–Trinajstić information content (AvgIpc) is 3.61. The monoisotopic (exact) mass is 813 g/mol. The van der Waals surface area contributed by atoms with Gasteiger partial charge in [-0.1, -0.05) is 172 Å². The minimum atomic E-state index is -1.05. The fourth-order valence-electron chi connectivity index (χ4n) is 7.64. The van der Waals surface area contributed by atoms with Crippen LogP contribution in [0.4, 0.5) is 4.79 Å². The summed E-state index contributed by atoms with van der Waals surface area (Å²) in [4.78, 5) is 29.6. The number of carbonyl (C=O) groups excluding carboxylic acids is 2. The second kappa shape index (κ2) is 20.7. The molecule has 2 aliphatic heterocycles. The van der Waals surface area contributed by atoms with Gasteiger partial charge in [-0.3, -0.25) is 4.90 Å². The van der Waals surface area contributed by atoms with E-state index in [2.05, 4.69) is 0 Å². The van der Waals surface area contributed by atoms with Crippen molar-refractivity contribution in [3.8, 4) is 0 Å². The van der Waals surface area contributed by atoms with Crippen molar-refractivity contribution in [2.45, 2.75) is 103 Å². The van der Waals surface area contributed by atoms with Gasteiger partial charge < -0.3 is 33.2 Å². The minimum Gasteiger partial charge on any atom is -0.444 e. The zero-order valence-electron chi connectivity index (χ0n) is 34.5. The van der Waals surface area contributed by atoms with E-state index in [1.54, 1.807) is 0 Å². The Balaban J connectivity index is 1.24. The maximum absolute atomic E-state index is 14.1. The molecule has 0 aromatic heterocycles. The first-order valence-electron chi connectivity index (χ1n) is 20.7. The van der Waals surface area contributed by atoms with E-state index in [0.29, 0.717) is 6.61 Å². The maximum Gasteiger partial charge on any atom is 0.413 e. The van der Waals surface area contributed by atoms with Crippen LogP contribution in [-0.4, -0.2) is 66.4 Å². The molecule has 0 aliphatic carbocycles. The van der Waals surface area contributed by atoms with Gasteiger partial charge in [0.15, 0.2) is 6.23 Å². The first kappa shape index (κ1) is 42.8. The fraction of sp³-hybridized carbons (Fsp3) is 0.360. The average molecular weight is 814 g/mol. The van der Waals surface area contributed by atoms with Crippen molar-refractivity contribution in [1.29, 1.82) is 0 Å². The zero-order valence-corrected chi connectivity index (χ0v) is 34.5. The molecule has 1 amide bonds. The Morgan fingerprint density at radius 1 is 0.550 bits per heavy atom. The Kier molecular flexibility index (Phi) is 14.8. The van der Waals surface area contributed by atoms with Crippen molar-refractivity contribution >= 4 is 12.1 Å². The van der Waals surface area contributed by atoms with Crippen molar-refractivity contribution in [2.75, 3.05) is 6.61 Å². The third kappa shape index (κ3) is 11.5. The molecule has 60 heavy (non-hydrogen) atoms. The number of hydrogen-bond acceptors (Lipinski definition) is 9. The second-order valence-electron chi connectivity index (χ2n) is 16.4. The molecular weight excluding hydrogens is 759 g/mol. The third-order valence-electron chi connectivity index (χ3n) is 10.7. The van der Waals surface area contributed by atoms with Crippen LogP contribution in [0, 0.1) is 5.41 Å². The fourth-order valence-corrected chi connectivity index (χ4v) is 7.64. The Morgan fingerprint density at radius 2 is 0.950 bits per heavy atom. The van der Waals surface area contributed by atoms with Gasteiger partial charge in [0.05, 0.1) is 39.1 Å². The number of amides is 1. The summed E-state index contributed by atoms with van der Waals surface area (Å²) in [5.74, 6) is -0.543. The lowest BCUT2D eigenvalue weighted by Gasteiger charge is -2.47. The van der Waals surface area contributed by atoms with Crippen LogP contribution in [0.1, 0.15) is 55.0 Å². The van der Waals surface area contributed by atoms with Crippen LogP contribution in [0.3, 0.4) is 0 Å². The van der Waals surface area contributed by atoms with E-state index in [1.807, 2.05) is 172 Å². The number of carbonyl (C=O) groups is 2. The summed E-state index contributed by atoms with van der Waals surface area (Å²) < 4.78 is 45.9. The topological polar surface area (TPSA) is 102 Å². The molecule has 7 atom stereocenters. The van der Waals surface area contributed by atoms with Gasteiger partial charge in [-0.05, 0) is 27.8 Å². The standard InChI is InChI=1S/C50H55NO9/c1-50(2,3)48-51(49(53)58-34-40-27-17-8-18-28-40)41(47(52)60-48)29-42-44(55-31-37-21-11-5-12-22-37)46(57-33-39-25-15-7-16-26-39)45(56-32-38-23-13-6-14-24-38)43(59-42)35-54-30-36-19-9-4-10-20-36/h4-28,41-46,48H,29-35H2,1-3H3/t41-,42+,43+,44-,45+,46+,48-/m0/s1. The van der Waals surface area contributed by atoms with Gasteiger partial charge in [-0.25, -0.2) is 9.59 Å². The van der Waals surface area contributed by atoms with Gasteiger partial charge in [0, 0.05) is 11.8 Å². The van der Waals surface area contributed by atoms with Gasteiger partial charge in [-0.2, -0.15) is 0 Å². The summed E-state index contributed by atoms with van der Waals surface area (Å²) in [5.41, 5.74) is 4.12. The number of nitrogens with zero attached hydrogens (tertiary/aromatic N) is 1. The van der Waals surface area contributed by atoms with Crippen LogP contribution in [0.25, 0.3) is 0 Å². The number of benzene rings is 5. The van der Waals surface area contributed by atoms with Gasteiger partial charge in [-0.15, -0.1) is 0 Å². The van der Waals surface area contributed by atoms with E-state index in [1.165, 1.54) is 4.90 Å². The highest BCUT2D eigenvalue weighted by molar-refractivity contribution is 5.84. The van der Waals surface area contributed by atoms with Crippen molar-refractivity contribution in [1.82, 2.24) is 4.90 Å². The molecular formula is C50H55NO9. The summed E-state index contributed by atoms with van der Waals surface area (Å²) in [6.07, 6.45) is -5.06. The molecule has 10 heteroatoms. The molecule has 0 radical (unpaired) electrons. The molecule has 2 saturated heterocycles. The molecule has 5 aromatic rings. The zero-order chi connectivity index (χ0) is 41.7. The van der Waals surface area contributed by atoms with E-state index >= 15 is 0 Å². The first-order chi connectivity index (χ1) is 29.2. The van der Waals surface area contributed by atoms with Crippen LogP contribution in [0.2, 0.25) is 0 Å². The third-order valence-corrected chi connectivity index (χ3v) is 10.7. The smallest absolute Gasteiger partial charge is 0.413 e. The molecule has 2 aliphatic rings. The van der Waals surface area contributed by atoms with Crippen LogP contribution >= 0.6 is 0 Å². The molecule has 0 bridgehead atoms. The Bertz CT molecular complexity index is 2050. The van der Waals surface area contributed by atoms with Gasteiger partial charge >= 0.3 is 12.1 Å². The van der Waals surface area contributed by atoms with Crippen LogP contribution in [0.5, 0.6) is 0 Å². The van der Waals surface area contributed by atoms with Crippen LogP contribution < -0.4 is 0 Å². The largest absolute Gasteiger partial charge is 0.444 e. The molecule has 7 rings (SSSR count). The minimum absolute atomic E-state index is 0.0351. The normalized spacial score (nSPS) is 22.9. The van der Waals surface area contributed by atoms with E-state index in [-0.39, 0.29) is 39.5 Å². The number of rotatable bonds is 17.